The number of hydrogen-bond acceptors (Lipinski definition) is 3. The number of anilines is 1. The topological polar surface area (TPSA) is 83.8 Å². The van der Waals surface area contributed by atoms with Gasteiger partial charge in [-0.15, -0.1) is 0 Å². The molecule has 0 spiro atoms. The van der Waals surface area contributed by atoms with Gasteiger partial charge in [-0.1, -0.05) is 0 Å². The quantitative estimate of drug-likeness (QED) is 0.708. The minimum Gasteiger partial charge on any atom is -0.399 e. The summed E-state index contributed by atoms with van der Waals surface area (Å²) in [5, 5.41) is 2.84. The van der Waals surface area contributed by atoms with Crippen LogP contribution in [0.25, 0.3) is 0 Å². The molecule has 0 aliphatic heterocycles. The van der Waals surface area contributed by atoms with E-state index in [0.717, 1.165) is 11.4 Å². The van der Waals surface area contributed by atoms with Crippen LogP contribution < -0.4 is 11.1 Å². The average molecular weight is 244 g/mol. The molecule has 2 rings (SSSR count). The molecule has 2 aromatic rings. The van der Waals surface area contributed by atoms with Crippen LogP contribution in [0.15, 0.2) is 30.6 Å². The number of benzene rings is 1. The van der Waals surface area contributed by atoms with Gasteiger partial charge in [-0.05, 0) is 30.7 Å². The molecular weight excluding hydrogens is 228 g/mol. The summed E-state index contributed by atoms with van der Waals surface area (Å²) < 4.78 is 0. The zero-order valence-corrected chi connectivity index (χ0v) is 10.2. The summed E-state index contributed by atoms with van der Waals surface area (Å²) in [5.74, 6) is 0.772. The molecule has 4 N–H and O–H groups in total. The highest BCUT2D eigenvalue weighted by Gasteiger charge is 2.06. The molecule has 0 aliphatic carbocycles. The van der Waals surface area contributed by atoms with Gasteiger partial charge in [0.2, 0.25) is 0 Å². The van der Waals surface area contributed by atoms with Gasteiger partial charge in [0.1, 0.15) is 5.82 Å². The summed E-state index contributed by atoms with van der Waals surface area (Å²) in [6.07, 6.45) is 4.15. The Hall–Kier alpha value is -2.30. The second-order valence-electron chi connectivity index (χ2n) is 4.11. The maximum Gasteiger partial charge on any atom is 0.251 e. The molecular formula is C13H16N4O. The SMILES string of the molecule is Cc1cc(C(=O)NCCc2ncc[nH]2)ccc1N. The number of nitrogens with one attached hydrogen (secondary N) is 2. The van der Waals surface area contributed by atoms with Gasteiger partial charge in [-0.25, -0.2) is 4.98 Å². The van der Waals surface area contributed by atoms with E-state index in [2.05, 4.69) is 15.3 Å². The summed E-state index contributed by atoms with van der Waals surface area (Å²) in [6, 6.07) is 5.26. The van der Waals surface area contributed by atoms with E-state index >= 15 is 0 Å². The maximum atomic E-state index is 11.9. The second-order valence-corrected chi connectivity index (χ2v) is 4.11. The maximum absolute atomic E-state index is 11.9. The van der Waals surface area contributed by atoms with Gasteiger partial charge in [-0.3, -0.25) is 4.79 Å². The van der Waals surface area contributed by atoms with Crippen molar-refractivity contribution in [3.05, 3.63) is 47.5 Å². The predicted molar refractivity (Wildman–Crippen MR) is 70.2 cm³/mol. The number of carbonyl (C=O) groups is 1. The molecule has 0 saturated heterocycles. The van der Waals surface area contributed by atoms with Crippen LogP contribution in [0.5, 0.6) is 0 Å². The summed E-state index contributed by atoms with van der Waals surface area (Å²) in [4.78, 5) is 18.9. The van der Waals surface area contributed by atoms with E-state index in [1.807, 2.05) is 6.92 Å². The monoisotopic (exact) mass is 244 g/mol. The Morgan fingerprint density at radius 3 is 3.00 bits per heavy atom. The van der Waals surface area contributed by atoms with Crippen LogP contribution in [0.4, 0.5) is 5.69 Å². The van der Waals surface area contributed by atoms with Crippen molar-refractivity contribution in [3.63, 3.8) is 0 Å². The predicted octanol–water partition coefficient (Wildman–Crippen LogP) is 1.27. The highest BCUT2D eigenvalue weighted by Crippen LogP contribution is 2.12. The minimum atomic E-state index is -0.0929. The van der Waals surface area contributed by atoms with Crippen molar-refractivity contribution >= 4 is 11.6 Å². The summed E-state index contributed by atoms with van der Waals surface area (Å²) in [7, 11) is 0. The normalized spacial score (nSPS) is 10.3. The molecule has 1 amide bonds. The van der Waals surface area contributed by atoms with Crippen LogP contribution in [0.3, 0.4) is 0 Å². The van der Waals surface area contributed by atoms with E-state index in [4.69, 9.17) is 5.73 Å². The summed E-state index contributed by atoms with van der Waals surface area (Å²) in [5.41, 5.74) is 7.94. The third-order valence-electron chi connectivity index (χ3n) is 2.73. The number of amides is 1. The van der Waals surface area contributed by atoms with E-state index in [9.17, 15) is 4.79 Å². The van der Waals surface area contributed by atoms with Crippen LogP contribution in [0.1, 0.15) is 21.7 Å². The van der Waals surface area contributed by atoms with Gasteiger partial charge in [0.15, 0.2) is 0 Å². The molecule has 0 saturated carbocycles. The number of rotatable bonds is 4. The van der Waals surface area contributed by atoms with Crippen LogP contribution >= 0.6 is 0 Å². The molecule has 1 heterocycles. The second kappa shape index (κ2) is 5.35. The van der Waals surface area contributed by atoms with Crippen LogP contribution in [0.2, 0.25) is 0 Å². The van der Waals surface area contributed by atoms with Crippen molar-refractivity contribution in [2.24, 2.45) is 0 Å². The first-order valence-electron chi connectivity index (χ1n) is 5.79. The molecule has 0 bridgehead atoms. The Morgan fingerprint density at radius 2 is 2.33 bits per heavy atom. The van der Waals surface area contributed by atoms with Crippen molar-refractivity contribution in [3.8, 4) is 0 Å². The first-order chi connectivity index (χ1) is 8.66. The highest BCUT2D eigenvalue weighted by atomic mass is 16.1. The number of hydrogen-bond donors (Lipinski definition) is 3. The van der Waals surface area contributed by atoms with Crippen molar-refractivity contribution in [2.45, 2.75) is 13.3 Å². The number of H-pyrrole nitrogens is 1. The van der Waals surface area contributed by atoms with Crippen molar-refractivity contribution in [2.75, 3.05) is 12.3 Å². The number of aromatic nitrogens is 2. The molecule has 0 aliphatic rings. The number of nitrogens with zero attached hydrogens (tertiary/aromatic N) is 1. The first-order valence-corrected chi connectivity index (χ1v) is 5.79. The number of imidazole rings is 1. The van der Waals surface area contributed by atoms with E-state index < -0.39 is 0 Å². The Bertz CT molecular complexity index is 534. The number of aromatic amines is 1. The van der Waals surface area contributed by atoms with Crippen LogP contribution in [0, 0.1) is 6.92 Å². The molecule has 94 valence electrons. The minimum absolute atomic E-state index is 0.0929. The third kappa shape index (κ3) is 2.88. The van der Waals surface area contributed by atoms with Gasteiger partial charge >= 0.3 is 0 Å². The van der Waals surface area contributed by atoms with E-state index in [1.54, 1.807) is 30.6 Å². The Labute approximate surface area is 105 Å². The van der Waals surface area contributed by atoms with Gasteiger partial charge in [0.25, 0.3) is 5.91 Å². The van der Waals surface area contributed by atoms with Gasteiger partial charge < -0.3 is 16.0 Å². The number of aryl methyl sites for hydroxylation is 1. The zero-order valence-electron chi connectivity index (χ0n) is 10.2. The van der Waals surface area contributed by atoms with Crippen LogP contribution in [-0.4, -0.2) is 22.4 Å². The number of nitrogens with two attached hydrogens (primary N) is 1. The lowest BCUT2D eigenvalue weighted by Gasteiger charge is -2.06. The molecule has 0 unspecified atom stereocenters. The third-order valence-corrected chi connectivity index (χ3v) is 2.73. The Kier molecular flexibility index (Phi) is 3.62. The van der Waals surface area contributed by atoms with Gasteiger partial charge in [0.05, 0.1) is 0 Å². The standard InChI is InChI=1S/C13H16N4O/c1-9-8-10(2-3-11(9)14)13(18)17-5-4-12-15-6-7-16-12/h2-3,6-8H,4-5,14H2,1H3,(H,15,16)(H,17,18). The zero-order chi connectivity index (χ0) is 13.0. The van der Waals surface area contributed by atoms with Gasteiger partial charge in [-0.2, -0.15) is 0 Å². The largest absolute Gasteiger partial charge is 0.399 e. The summed E-state index contributed by atoms with van der Waals surface area (Å²) >= 11 is 0. The van der Waals surface area contributed by atoms with Crippen molar-refractivity contribution in [1.29, 1.82) is 0 Å². The van der Waals surface area contributed by atoms with Crippen LogP contribution in [-0.2, 0) is 6.42 Å². The molecule has 18 heavy (non-hydrogen) atoms. The average Bonchev–Trinajstić information content (AvgIpc) is 2.85. The fraction of sp³-hybridized carbons (Fsp3) is 0.231. The lowest BCUT2D eigenvalue weighted by molar-refractivity contribution is 0.0954. The van der Waals surface area contributed by atoms with Crippen molar-refractivity contribution < 1.29 is 4.79 Å². The molecule has 5 heteroatoms. The molecule has 0 atom stereocenters. The smallest absolute Gasteiger partial charge is 0.251 e. The van der Waals surface area contributed by atoms with E-state index in [0.29, 0.717) is 24.2 Å². The fourth-order valence-corrected chi connectivity index (χ4v) is 1.65. The Morgan fingerprint density at radius 1 is 1.50 bits per heavy atom. The number of nitrogen functional groups attached to an aromatic ring is 1. The molecule has 0 radical (unpaired) electrons. The first kappa shape index (κ1) is 12.2. The lowest BCUT2D eigenvalue weighted by atomic mass is 10.1. The Balaban J connectivity index is 1.89. The molecule has 1 aromatic heterocycles. The van der Waals surface area contributed by atoms with Gasteiger partial charge in [0, 0.05) is 36.6 Å². The fourth-order valence-electron chi connectivity index (χ4n) is 1.65. The molecule has 0 fully saturated rings. The summed E-state index contributed by atoms with van der Waals surface area (Å²) in [6.45, 7) is 2.44. The lowest BCUT2D eigenvalue weighted by Crippen LogP contribution is -2.26. The van der Waals surface area contributed by atoms with Crippen molar-refractivity contribution in [1.82, 2.24) is 15.3 Å². The number of carbonyl (C=O) groups excluding carboxylic acids is 1. The highest BCUT2D eigenvalue weighted by molar-refractivity contribution is 5.94. The molecule has 5 nitrogen and oxygen atoms in total. The molecule has 1 aromatic carbocycles. The van der Waals surface area contributed by atoms with E-state index in [-0.39, 0.29) is 5.91 Å². The van der Waals surface area contributed by atoms with E-state index in [1.165, 1.54) is 0 Å².